The molecule has 1 N–H and O–H groups in total. The van der Waals surface area contributed by atoms with Crippen LogP contribution in [0.1, 0.15) is 23.0 Å². The molecule has 0 aliphatic carbocycles. The largest absolute Gasteiger partial charge is 0.313 e. The van der Waals surface area contributed by atoms with Crippen molar-refractivity contribution in [2.75, 3.05) is 7.05 Å². The van der Waals surface area contributed by atoms with Gasteiger partial charge < -0.3 is 5.32 Å². The molecule has 0 spiro atoms. The Hall–Kier alpha value is -1.68. The molecule has 2 heterocycles. The second-order valence-electron chi connectivity index (χ2n) is 4.26. The zero-order chi connectivity index (χ0) is 12.3. The molecule has 0 radical (unpaired) electrons. The minimum atomic E-state index is 0.284. The fourth-order valence-corrected chi connectivity index (χ4v) is 1.95. The van der Waals surface area contributed by atoms with Gasteiger partial charge in [0.05, 0.1) is 5.69 Å². The SMILES string of the molecule is CNC(Cc1ccn(C)n1)c1ccnc(C)c1. The molecule has 2 aromatic rings. The van der Waals surface area contributed by atoms with Gasteiger partial charge in [-0.05, 0) is 37.7 Å². The van der Waals surface area contributed by atoms with Crippen molar-refractivity contribution >= 4 is 0 Å². The number of nitrogens with one attached hydrogen (secondary N) is 1. The van der Waals surface area contributed by atoms with Gasteiger partial charge in [0.2, 0.25) is 0 Å². The molecule has 4 nitrogen and oxygen atoms in total. The minimum absolute atomic E-state index is 0.284. The van der Waals surface area contributed by atoms with Crippen molar-refractivity contribution in [3.63, 3.8) is 0 Å². The molecule has 0 aliphatic heterocycles. The van der Waals surface area contributed by atoms with Crippen LogP contribution in [-0.2, 0) is 13.5 Å². The summed E-state index contributed by atoms with van der Waals surface area (Å²) in [6, 6.07) is 6.51. The summed E-state index contributed by atoms with van der Waals surface area (Å²) in [5.74, 6) is 0. The van der Waals surface area contributed by atoms with Crippen molar-refractivity contribution < 1.29 is 0 Å². The summed E-state index contributed by atoms with van der Waals surface area (Å²) in [6.07, 6.45) is 4.72. The van der Waals surface area contributed by atoms with Crippen LogP contribution in [0.2, 0.25) is 0 Å². The average molecular weight is 230 g/mol. The van der Waals surface area contributed by atoms with E-state index in [2.05, 4.69) is 33.6 Å². The Morgan fingerprint density at radius 1 is 1.41 bits per heavy atom. The van der Waals surface area contributed by atoms with E-state index in [-0.39, 0.29) is 6.04 Å². The topological polar surface area (TPSA) is 42.7 Å². The molecule has 1 unspecified atom stereocenters. The van der Waals surface area contributed by atoms with Crippen LogP contribution >= 0.6 is 0 Å². The molecule has 2 rings (SSSR count). The second-order valence-corrected chi connectivity index (χ2v) is 4.26. The number of aromatic nitrogens is 3. The van der Waals surface area contributed by atoms with Crippen LogP contribution in [0.3, 0.4) is 0 Å². The maximum Gasteiger partial charge on any atom is 0.0643 e. The quantitative estimate of drug-likeness (QED) is 0.868. The van der Waals surface area contributed by atoms with Gasteiger partial charge in [0.1, 0.15) is 0 Å². The van der Waals surface area contributed by atoms with E-state index >= 15 is 0 Å². The molecular weight excluding hydrogens is 212 g/mol. The Bertz CT molecular complexity index is 490. The predicted molar refractivity (Wildman–Crippen MR) is 67.7 cm³/mol. The first-order valence-electron chi connectivity index (χ1n) is 5.77. The summed E-state index contributed by atoms with van der Waals surface area (Å²) in [7, 11) is 3.91. The van der Waals surface area contributed by atoms with Gasteiger partial charge in [0.15, 0.2) is 0 Å². The van der Waals surface area contributed by atoms with Crippen molar-refractivity contribution in [3.8, 4) is 0 Å². The Morgan fingerprint density at radius 3 is 2.82 bits per heavy atom. The van der Waals surface area contributed by atoms with Gasteiger partial charge in [-0.15, -0.1) is 0 Å². The van der Waals surface area contributed by atoms with Gasteiger partial charge in [-0.3, -0.25) is 9.67 Å². The van der Waals surface area contributed by atoms with Crippen molar-refractivity contribution in [1.29, 1.82) is 0 Å². The number of aryl methyl sites for hydroxylation is 2. The zero-order valence-corrected chi connectivity index (χ0v) is 10.5. The third-order valence-corrected chi connectivity index (χ3v) is 2.85. The predicted octanol–water partition coefficient (Wildman–Crippen LogP) is 1.63. The molecule has 0 fully saturated rings. The number of hydrogen-bond acceptors (Lipinski definition) is 3. The van der Waals surface area contributed by atoms with Crippen LogP contribution in [0, 0.1) is 6.92 Å². The maximum atomic E-state index is 4.41. The summed E-state index contributed by atoms with van der Waals surface area (Å²) in [5, 5.41) is 7.73. The standard InChI is InChI=1S/C13H18N4/c1-10-8-11(4-6-15-10)13(14-2)9-12-5-7-17(3)16-12/h4-8,13-14H,9H2,1-3H3. The van der Waals surface area contributed by atoms with Crippen LogP contribution < -0.4 is 5.32 Å². The monoisotopic (exact) mass is 230 g/mol. The molecule has 0 saturated heterocycles. The number of pyridine rings is 1. The molecule has 4 heteroatoms. The molecular formula is C13H18N4. The molecule has 2 aromatic heterocycles. The third kappa shape index (κ3) is 2.91. The van der Waals surface area contributed by atoms with Crippen LogP contribution in [0.4, 0.5) is 0 Å². The molecule has 17 heavy (non-hydrogen) atoms. The van der Waals surface area contributed by atoms with Gasteiger partial charge in [-0.2, -0.15) is 5.10 Å². The zero-order valence-electron chi connectivity index (χ0n) is 10.5. The van der Waals surface area contributed by atoms with Crippen LogP contribution in [0.15, 0.2) is 30.6 Å². The number of hydrogen-bond donors (Lipinski definition) is 1. The number of rotatable bonds is 4. The molecule has 0 saturated carbocycles. The first-order chi connectivity index (χ1) is 8.19. The average Bonchev–Trinajstić information content (AvgIpc) is 2.72. The minimum Gasteiger partial charge on any atom is -0.313 e. The lowest BCUT2D eigenvalue weighted by atomic mass is 10.0. The van der Waals surface area contributed by atoms with E-state index < -0.39 is 0 Å². The lowest BCUT2D eigenvalue weighted by Crippen LogP contribution is -2.19. The Labute approximate surface area is 102 Å². The summed E-state index contributed by atoms with van der Waals surface area (Å²) in [6.45, 7) is 2.01. The summed E-state index contributed by atoms with van der Waals surface area (Å²) in [5.41, 5.74) is 3.40. The molecule has 0 aromatic carbocycles. The van der Waals surface area contributed by atoms with Crippen molar-refractivity contribution in [2.45, 2.75) is 19.4 Å². The molecule has 1 atom stereocenters. The molecule has 0 bridgehead atoms. The van der Waals surface area contributed by atoms with E-state index in [1.807, 2.05) is 38.1 Å². The van der Waals surface area contributed by atoms with Gasteiger partial charge in [-0.1, -0.05) is 0 Å². The van der Waals surface area contributed by atoms with Crippen molar-refractivity contribution in [1.82, 2.24) is 20.1 Å². The highest BCUT2D eigenvalue weighted by atomic mass is 15.2. The van der Waals surface area contributed by atoms with Crippen molar-refractivity contribution in [2.24, 2.45) is 7.05 Å². The second kappa shape index (κ2) is 5.10. The highest BCUT2D eigenvalue weighted by Gasteiger charge is 2.11. The molecule has 0 amide bonds. The molecule has 90 valence electrons. The summed E-state index contributed by atoms with van der Waals surface area (Å²) < 4.78 is 1.83. The fraction of sp³-hybridized carbons (Fsp3) is 0.385. The van der Waals surface area contributed by atoms with Crippen molar-refractivity contribution in [3.05, 3.63) is 47.5 Å². The van der Waals surface area contributed by atoms with E-state index in [0.717, 1.165) is 17.8 Å². The lowest BCUT2D eigenvalue weighted by molar-refractivity contribution is 0.576. The van der Waals surface area contributed by atoms with Gasteiger partial charge >= 0.3 is 0 Å². The van der Waals surface area contributed by atoms with Gasteiger partial charge in [-0.25, -0.2) is 0 Å². The third-order valence-electron chi connectivity index (χ3n) is 2.85. The van der Waals surface area contributed by atoms with Crippen LogP contribution in [0.5, 0.6) is 0 Å². The van der Waals surface area contributed by atoms with E-state index in [1.54, 1.807) is 0 Å². The number of likely N-dealkylation sites (N-methyl/N-ethyl adjacent to an activating group) is 1. The number of nitrogens with zero attached hydrogens (tertiary/aromatic N) is 3. The summed E-state index contributed by atoms with van der Waals surface area (Å²) in [4.78, 5) is 4.22. The fourth-order valence-electron chi connectivity index (χ4n) is 1.95. The highest BCUT2D eigenvalue weighted by molar-refractivity contribution is 5.21. The Balaban J connectivity index is 2.16. The van der Waals surface area contributed by atoms with E-state index in [0.29, 0.717) is 0 Å². The Kier molecular flexibility index (Phi) is 3.54. The highest BCUT2D eigenvalue weighted by Crippen LogP contribution is 2.17. The maximum absolute atomic E-state index is 4.41. The van der Waals surface area contributed by atoms with Gasteiger partial charge in [0, 0.05) is 37.6 Å². The molecule has 0 aliphatic rings. The Morgan fingerprint density at radius 2 is 2.24 bits per heavy atom. The first kappa shape index (κ1) is 11.8. The van der Waals surface area contributed by atoms with Gasteiger partial charge in [0.25, 0.3) is 0 Å². The van der Waals surface area contributed by atoms with E-state index in [4.69, 9.17) is 0 Å². The first-order valence-corrected chi connectivity index (χ1v) is 5.77. The van der Waals surface area contributed by atoms with Crippen LogP contribution in [0.25, 0.3) is 0 Å². The van der Waals surface area contributed by atoms with Crippen LogP contribution in [-0.4, -0.2) is 21.8 Å². The lowest BCUT2D eigenvalue weighted by Gasteiger charge is -2.15. The van der Waals surface area contributed by atoms with E-state index in [1.165, 1.54) is 5.56 Å². The van der Waals surface area contributed by atoms with E-state index in [9.17, 15) is 0 Å². The smallest absolute Gasteiger partial charge is 0.0643 e. The summed E-state index contributed by atoms with van der Waals surface area (Å²) >= 11 is 0. The normalized spacial score (nSPS) is 12.6.